The lowest BCUT2D eigenvalue weighted by Crippen LogP contribution is -2.36. The zero-order chi connectivity index (χ0) is 16.7. The fourth-order valence-corrected chi connectivity index (χ4v) is 2.25. The Morgan fingerprint density at radius 2 is 1.79 bits per heavy atom. The number of hydrogen-bond acceptors (Lipinski definition) is 3. The van der Waals surface area contributed by atoms with E-state index in [9.17, 15) is 4.79 Å². The largest absolute Gasteiger partial charge is 0.454 e. The maximum Gasteiger partial charge on any atom is 0.284 e. The lowest BCUT2D eigenvalue weighted by Gasteiger charge is -2.13. The fourth-order valence-electron chi connectivity index (χ4n) is 2.25. The first-order chi connectivity index (χ1) is 11.1. The van der Waals surface area contributed by atoms with Crippen molar-refractivity contribution in [2.45, 2.75) is 26.4 Å². The number of nitrogens with one attached hydrogen (secondary N) is 2. The van der Waals surface area contributed by atoms with Crippen LogP contribution < -0.4 is 16.4 Å². The number of primary amides is 1. The van der Waals surface area contributed by atoms with E-state index in [4.69, 9.17) is 10.2 Å². The second-order valence-electron chi connectivity index (χ2n) is 5.03. The maximum atomic E-state index is 11.0. The molecule has 0 spiro atoms. The summed E-state index contributed by atoms with van der Waals surface area (Å²) in [5.41, 5.74) is 7.71. The normalized spacial score (nSPS) is 10.8. The van der Waals surface area contributed by atoms with E-state index in [1.54, 1.807) is 19.2 Å². The SMILES string of the molecule is CCc1ccccc1CNC(=NC)NCc1ccc(C(N)=O)o1.I. The van der Waals surface area contributed by atoms with Crippen LogP contribution in [0, 0.1) is 0 Å². The van der Waals surface area contributed by atoms with Crippen LogP contribution in [0.3, 0.4) is 0 Å². The van der Waals surface area contributed by atoms with Gasteiger partial charge >= 0.3 is 0 Å². The molecule has 2 rings (SSSR count). The lowest BCUT2D eigenvalue weighted by atomic mass is 10.1. The molecule has 0 aliphatic rings. The third-order valence-electron chi connectivity index (χ3n) is 3.50. The zero-order valence-corrected chi connectivity index (χ0v) is 16.2. The summed E-state index contributed by atoms with van der Waals surface area (Å²) in [4.78, 5) is 15.2. The summed E-state index contributed by atoms with van der Waals surface area (Å²) in [7, 11) is 1.71. The van der Waals surface area contributed by atoms with Crippen LogP contribution in [0.4, 0.5) is 0 Å². The molecule has 6 nitrogen and oxygen atoms in total. The van der Waals surface area contributed by atoms with Crippen molar-refractivity contribution in [1.82, 2.24) is 10.6 Å². The van der Waals surface area contributed by atoms with Gasteiger partial charge in [-0.1, -0.05) is 31.2 Å². The van der Waals surface area contributed by atoms with E-state index in [1.165, 1.54) is 11.1 Å². The van der Waals surface area contributed by atoms with E-state index in [0.717, 1.165) is 6.42 Å². The van der Waals surface area contributed by atoms with Crippen molar-refractivity contribution in [3.05, 3.63) is 59.0 Å². The average Bonchev–Trinajstić information content (AvgIpc) is 3.04. The Hall–Kier alpha value is -2.03. The second kappa shape index (κ2) is 9.96. The van der Waals surface area contributed by atoms with Crippen molar-refractivity contribution in [3.63, 3.8) is 0 Å². The number of furan rings is 1. The topological polar surface area (TPSA) is 92.6 Å². The first-order valence-electron chi connectivity index (χ1n) is 7.53. The molecular weight excluding hydrogens is 419 g/mol. The van der Waals surface area contributed by atoms with Crippen molar-refractivity contribution < 1.29 is 9.21 Å². The predicted octanol–water partition coefficient (Wildman–Crippen LogP) is 2.42. The number of rotatable bonds is 6. The van der Waals surface area contributed by atoms with Gasteiger partial charge in [0.1, 0.15) is 5.76 Å². The molecular formula is C17H23IN4O2. The highest BCUT2D eigenvalue weighted by atomic mass is 127. The fraction of sp³-hybridized carbons (Fsp3) is 0.294. The van der Waals surface area contributed by atoms with Crippen LogP contribution in [-0.4, -0.2) is 18.9 Å². The third-order valence-corrected chi connectivity index (χ3v) is 3.50. The van der Waals surface area contributed by atoms with Gasteiger partial charge in [-0.15, -0.1) is 24.0 Å². The van der Waals surface area contributed by atoms with Crippen LogP contribution in [0.1, 0.15) is 34.4 Å². The molecule has 0 radical (unpaired) electrons. The molecule has 1 aromatic carbocycles. The zero-order valence-electron chi connectivity index (χ0n) is 13.8. The van der Waals surface area contributed by atoms with Gasteiger partial charge in [-0.05, 0) is 29.7 Å². The summed E-state index contributed by atoms with van der Waals surface area (Å²) < 4.78 is 5.32. The highest BCUT2D eigenvalue weighted by Gasteiger charge is 2.08. The number of carbonyl (C=O) groups excluding carboxylic acids is 1. The molecule has 130 valence electrons. The molecule has 0 fully saturated rings. The molecule has 4 N–H and O–H groups in total. The van der Waals surface area contributed by atoms with Crippen LogP contribution in [0.15, 0.2) is 45.8 Å². The smallest absolute Gasteiger partial charge is 0.284 e. The van der Waals surface area contributed by atoms with Crippen LogP contribution in [0.5, 0.6) is 0 Å². The van der Waals surface area contributed by atoms with Crippen LogP contribution in [0.2, 0.25) is 0 Å². The van der Waals surface area contributed by atoms with E-state index in [0.29, 0.717) is 24.8 Å². The van der Waals surface area contributed by atoms with Gasteiger partial charge in [-0.3, -0.25) is 9.79 Å². The minimum absolute atomic E-state index is 0. The molecule has 0 bridgehead atoms. The highest BCUT2D eigenvalue weighted by molar-refractivity contribution is 14.0. The van der Waals surface area contributed by atoms with Gasteiger partial charge in [-0.2, -0.15) is 0 Å². The van der Waals surface area contributed by atoms with E-state index < -0.39 is 5.91 Å². The molecule has 1 aromatic heterocycles. The molecule has 2 aromatic rings. The lowest BCUT2D eigenvalue weighted by molar-refractivity contribution is 0.0972. The van der Waals surface area contributed by atoms with Gasteiger partial charge in [0.2, 0.25) is 0 Å². The molecule has 0 aliphatic heterocycles. The summed E-state index contributed by atoms with van der Waals surface area (Å²) in [6.45, 7) is 3.25. The van der Waals surface area contributed by atoms with Crippen molar-refractivity contribution >= 4 is 35.8 Å². The molecule has 1 heterocycles. The summed E-state index contributed by atoms with van der Waals surface area (Å²) in [5, 5.41) is 6.40. The Labute approximate surface area is 158 Å². The van der Waals surface area contributed by atoms with Gasteiger partial charge in [0.05, 0.1) is 6.54 Å². The number of aliphatic imine (C=N–C) groups is 1. The first kappa shape index (κ1) is 20.0. The Bertz CT molecular complexity index is 697. The highest BCUT2D eigenvalue weighted by Crippen LogP contribution is 2.09. The quantitative estimate of drug-likeness (QED) is 0.364. The summed E-state index contributed by atoms with van der Waals surface area (Å²) in [5.74, 6) is 0.861. The molecule has 1 amide bonds. The molecule has 0 atom stereocenters. The van der Waals surface area contributed by atoms with Gasteiger partial charge < -0.3 is 20.8 Å². The summed E-state index contributed by atoms with van der Waals surface area (Å²) >= 11 is 0. The molecule has 0 aliphatic carbocycles. The van der Waals surface area contributed by atoms with Crippen LogP contribution in [0.25, 0.3) is 0 Å². The van der Waals surface area contributed by atoms with Crippen molar-refractivity contribution in [2.24, 2.45) is 10.7 Å². The average molecular weight is 442 g/mol. The number of amides is 1. The first-order valence-corrected chi connectivity index (χ1v) is 7.53. The third kappa shape index (κ3) is 5.55. The number of aryl methyl sites for hydroxylation is 1. The van der Waals surface area contributed by atoms with Gasteiger partial charge in [-0.25, -0.2) is 0 Å². The van der Waals surface area contributed by atoms with Crippen LogP contribution in [-0.2, 0) is 19.5 Å². The Balaban J connectivity index is 0.00000288. The molecule has 24 heavy (non-hydrogen) atoms. The monoisotopic (exact) mass is 442 g/mol. The van der Waals surface area contributed by atoms with E-state index in [2.05, 4.69) is 34.7 Å². The number of hydrogen-bond donors (Lipinski definition) is 3. The Kier molecular flexibility index (Phi) is 8.31. The van der Waals surface area contributed by atoms with Crippen molar-refractivity contribution in [3.8, 4) is 0 Å². The number of guanidine groups is 1. The van der Waals surface area contributed by atoms with E-state index in [1.807, 2.05) is 12.1 Å². The van der Waals surface area contributed by atoms with Crippen molar-refractivity contribution in [1.29, 1.82) is 0 Å². The Morgan fingerprint density at radius 3 is 2.38 bits per heavy atom. The summed E-state index contributed by atoms with van der Waals surface area (Å²) in [6.07, 6.45) is 0.992. The minimum atomic E-state index is -0.574. The predicted molar refractivity (Wildman–Crippen MR) is 105 cm³/mol. The minimum Gasteiger partial charge on any atom is -0.454 e. The van der Waals surface area contributed by atoms with Gasteiger partial charge in [0.15, 0.2) is 11.7 Å². The maximum absolute atomic E-state index is 11.0. The molecule has 0 saturated carbocycles. The number of nitrogens with two attached hydrogens (primary N) is 1. The second-order valence-corrected chi connectivity index (χ2v) is 5.03. The van der Waals surface area contributed by atoms with Gasteiger partial charge in [0.25, 0.3) is 5.91 Å². The van der Waals surface area contributed by atoms with Gasteiger partial charge in [0, 0.05) is 13.6 Å². The molecule has 7 heteroatoms. The van der Waals surface area contributed by atoms with Crippen molar-refractivity contribution in [2.75, 3.05) is 7.05 Å². The molecule has 0 saturated heterocycles. The Morgan fingerprint density at radius 1 is 1.12 bits per heavy atom. The number of nitrogens with zero attached hydrogens (tertiary/aromatic N) is 1. The standard InChI is InChI=1S/C17H22N4O2.HI/c1-3-12-6-4-5-7-13(12)10-20-17(19-2)21-11-14-8-9-15(23-14)16(18)22;/h4-9H,3,10-11H2,1-2H3,(H2,18,22)(H2,19,20,21);1H. The number of carbonyl (C=O) groups is 1. The number of halogens is 1. The van der Waals surface area contributed by atoms with Crippen LogP contribution >= 0.6 is 24.0 Å². The number of benzene rings is 1. The van der Waals surface area contributed by atoms with E-state index >= 15 is 0 Å². The van der Waals surface area contributed by atoms with E-state index in [-0.39, 0.29) is 29.7 Å². The summed E-state index contributed by atoms with van der Waals surface area (Å²) in [6, 6.07) is 11.6. The molecule has 0 unspecified atom stereocenters.